The molecule has 3 rings (SSSR count). The zero-order valence-electron chi connectivity index (χ0n) is 9.27. The smallest absolute Gasteiger partial charge is 0.0513 e. The van der Waals surface area contributed by atoms with Crippen LogP contribution in [0.3, 0.4) is 0 Å². The van der Waals surface area contributed by atoms with Crippen LogP contribution in [0.5, 0.6) is 0 Å². The van der Waals surface area contributed by atoms with Crippen molar-refractivity contribution in [2.24, 2.45) is 0 Å². The quantitative estimate of drug-likeness (QED) is 0.684. The van der Waals surface area contributed by atoms with E-state index in [2.05, 4.69) is 54.0 Å². The van der Waals surface area contributed by atoms with Crippen LogP contribution in [0, 0.1) is 0 Å². The van der Waals surface area contributed by atoms with Crippen molar-refractivity contribution in [3.05, 3.63) is 36.0 Å². The molecule has 0 aliphatic carbocycles. The van der Waals surface area contributed by atoms with E-state index in [0.29, 0.717) is 6.04 Å². The molecule has 1 aliphatic rings. The monoisotopic (exact) mass is 200 g/mol. The van der Waals surface area contributed by atoms with Crippen molar-refractivity contribution in [2.45, 2.75) is 19.0 Å². The molecule has 0 spiro atoms. The van der Waals surface area contributed by atoms with E-state index < -0.39 is 0 Å². The van der Waals surface area contributed by atoms with Crippen LogP contribution in [0.4, 0.5) is 0 Å². The van der Waals surface area contributed by atoms with E-state index in [-0.39, 0.29) is 0 Å². The highest BCUT2D eigenvalue weighted by atomic mass is 15.1. The van der Waals surface area contributed by atoms with Gasteiger partial charge in [0.1, 0.15) is 0 Å². The topological polar surface area (TPSA) is 8.17 Å². The highest BCUT2D eigenvalue weighted by Crippen LogP contribution is 2.27. The van der Waals surface area contributed by atoms with Crippen LogP contribution in [0.15, 0.2) is 30.5 Å². The first-order valence-electron chi connectivity index (χ1n) is 5.49. The lowest BCUT2D eigenvalue weighted by atomic mass is 9.99. The minimum atomic E-state index is 0.635. The molecular weight excluding hydrogens is 184 g/mol. The van der Waals surface area contributed by atoms with Crippen LogP contribution >= 0.6 is 0 Å². The van der Waals surface area contributed by atoms with Gasteiger partial charge in [0.2, 0.25) is 0 Å². The van der Waals surface area contributed by atoms with E-state index in [9.17, 15) is 0 Å². The Morgan fingerprint density at radius 3 is 2.93 bits per heavy atom. The van der Waals surface area contributed by atoms with Crippen LogP contribution in [0.25, 0.3) is 10.9 Å². The highest BCUT2D eigenvalue weighted by Gasteiger charge is 2.21. The second-order valence-corrected chi connectivity index (χ2v) is 4.64. The molecular formula is C13H16N2. The van der Waals surface area contributed by atoms with Crippen molar-refractivity contribution in [2.75, 3.05) is 14.1 Å². The fourth-order valence-corrected chi connectivity index (χ4v) is 2.55. The number of rotatable bonds is 1. The molecule has 2 nitrogen and oxygen atoms in total. The SMILES string of the molecule is CN(C)C1Cc2cccc3ccn(c23)C1. The van der Waals surface area contributed by atoms with Crippen molar-refractivity contribution in [1.82, 2.24) is 9.47 Å². The van der Waals surface area contributed by atoms with Crippen LogP contribution in [-0.4, -0.2) is 29.6 Å². The van der Waals surface area contributed by atoms with Crippen molar-refractivity contribution < 1.29 is 0 Å². The molecule has 2 aromatic rings. The molecule has 78 valence electrons. The molecule has 1 aliphatic heterocycles. The predicted molar refractivity (Wildman–Crippen MR) is 63.1 cm³/mol. The molecule has 2 heterocycles. The van der Waals surface area contributed by atoms with Gasteiger partial charge in [0, 0.05) is 18.8 Å². The molecule has 1 aromatic heterocycles. The Morgan fingerprint density at radius 2 is 2.13 bits per heavy atom. The van der Waals surface area contributed by atoms with Crippen LogP contribution < -0.4 is 0 Å². The van der Waals surface area contributed by atoms with Gasteiger partial charge in [0.25, 0.3) is 0 Å². The third-order valence-corrected chi connectivity index (χ3v) is 3.47. The highest BCUT2D eigenvalue weighted by molar-refractivity contribution is 5.84. The largest absolute Gasteiger partial charge is 0.346 e. The second kappa shape index (κ2) is 3.11. The summed E-state index contributed by atoms with van der Waals surface area (Å²) in [5.74, 6) is 0. The van der Waals surface area contributed by atoms with Crippen molar-refractivity contribution in [1.29, 1.82) is 0 Å². The van der Waals surface area contributed by atoms with E-state index in [1.165, 1.54) is 22.9 Å². The summed E-state index contributed by atoms with van der Waals surface area (Å²) in [6, 6.07) is 9.48. The number of hydrogen-bond acceptors (Lipinski definition) is 1. The van der Waals surface area contributed by atoms with Gasteiger partial charge in [-0.05, 0) is 37.5 Å². The van der Waals surface area contributed by atoms with Gasteiger partial charge in [-0.25, -0.2) is 0 Å². The normalized spacial score (nSPS) is 20.1. The molecule has 0 saturated carbocycles. The Hall–Kier alpha value is -1.28. The zero-order chi connectivity index (χ0) is 10.4. The minimum Gasteiger partial charge on any atom is -0.346 e. The molecule has 0 radical (unpaired) electrons. The van der Waals surface area contributed by atoms with Gasteiger partial charge in [-0.2, -0.15) is 0 Å². The lowest BCUT2D eigenvalue weighted by Gasteiger charge is -2.29. The molecule has 0 amide bonds. The summed E-state index contributed by atoms with van der Waals surface area (Å²) in [5, 5.41) is 1.38. The number of para-hydroxylation sites is 1. The Balaban J connectivity index is 2.16. The first kappa shape index (κ1) is 8.98. The molecule has 0 fully saturated rings. The maximum atomic E-state index is 2.39. The first-order valence-corrected chi connectivity index (χ1v) is 5.49. The zero-order valence-corrected chi connectivity index (χ0v) is 9.27. The second-order valence-electron chi connectivity index (χ2n) is 4.64. The molecule has 15 heavy (non-hydrogen) atoms. The Labute approximate surface area is 90.1 Å². The number of nitrogens with zero attached hydrogens (tertiary/aromatic N) is 2. The van der Waals surface area contributed by atoms with E-state index in [0.717, 1.165) is 6.54 Å². The molecule has 1 aromatic carbocycles. The predicted octanol–water partition coefficient (Wildman–Crippen LogP) is 2.13. The summed E-state index contributed by atoms with van der Waals surface area (Å²) in [7, 11) is 4.33. The molecule has 1 atom stereocenters. The Bertz CT molecular complexity index is 496. The first-order chi connectivity index (χ1) is 7.25. The maximum Gasteiger partial charge on any atom is 0.0513 e. The van der Waals surface area contributed by atoms with E-state index in [1.807, 2.05) is 0 Å². The summed E-state index contributed by atoms with van der Waals surface area (Å²) in [4.78, 5) is 2.32. The number of benzene rings is 1. The van der Waals surface area contributed by atoms with Crippen LogP contribution in [0.1, 0.15) is 5.56 Å². The summed E-state index contributed by atoms with van der Waals surface area (Å²) in [6.07, 6.45) is 3.39. The third kappa shape index (κ3) is 1.29. The fraction of sp³-hybridized carbons (Fsp3) is 0.385. The van der Waals surface area contributed by atoms with Crippen molar-refractivity contribution >= 4 is 10.9 Å². The Morgan fingerprint density at radius 1 is 1.27 bits per heavy atom. The molecule has 2 heteroatoms. The number of aromatic nitrogens is 1. The van der Waals surface area contributed by atoms with E-state index in [1.54, 1.807) is 0 Å². The van der Waals surface area contributed by atoms with Crippen LogP contribution in [-0.2, 0) is 13.0 Å². The van der Waals surface area contributed by atoms with Gasteiger partial charge in [-0.15, -0.1) is 0 Å². The van der Waals surface area contributed by atoms with Gasteiger partial charge in [-0.3, -0.25) is 0 Å². The van der Waals surface area contributed by atoms with E-state index in [4.69, 9.17) is 0 Å². The number of hydrogen-bond donors (Lipinski definition) is 0. The molecule has 0 N–H and O–H groups in total. The van der Waals surface area contributed by atoms with Crippen molar-refractivity contribution in [3.63, 3.8) is 0 Å². The summed E-state index contributed by atoms with van der Waals surface area (Å²) < 4.78 is 2.39. The molecule has 1 unspecified atom stereocenters. The van der Waals surface area contributed by atoms with E-state index >= 15 is 0 Å². The number of likely N-dealkylation sites (N-methyl/N-ethyl adjacent to an activating group) is 1. The van der Waals surface area contributed by atoms with Gasteiger partial charge >= 0.3 is 0 Å². The summed E-state index contributed by atoms with van der Waals surface area (Å²) >= 11 is 0. The summed E-state index contributed by atoms with van der Waals surface area (Å²) in [6.45, 7) is 1.12. The average Bonchev–Trinajstić information content (AvgIpc) is 2.64. The maximum absolute atomic E-state index is 2.39. The van der Waals surface area contributed by atoms with Gasteiger partial charge in [0.05, 0.1) is 5.52 Å². The average molecular weight is 200 g/mol. The Kier molecular flexibility index (Phi) is 1.86. The van der Waals surface area contributed by atoms with Gasteiger partial charge in [0.15, 0.2) is 0 Å². The van der Waals surface area contributed by atoms with Crippen molar-refractivity contribution in [3.8, 4) is 0 Å². The molecule has 0 bridgehead atoms. The standard InChI is InChI=1S/C13H16N2/c1-14(2)12-8-11-5-3-4-10-6-7-15(9-12)13(10)11/h3-7,12H,8-9H2,1-2H3. The lowest BCUT2D eigenvalue weighted by molar-refractivity contribution is 0.258. The minimum absolute atomic E-state index is 0.635. The fourth-order valence-electron chi connectivity index (χ4n) is 2.55. The van der Waals surface area contributed by atoms with Gasteiger partial charge in [-0.1, -0.05) is 18.2 Å². The third-order valence-electron chi connectivity index (χ3n) is 3.47. The van der Waals surface area contributed by atoms with Gasteiger partial charge < -0.3 is 9.47 Å². The summed E-state index contributed by atoms with van der Waals surface area (Å²) in [5.41, 5.74) is 2.93. The lowest BCUT2D eigenvalue weighted by Crippen LogP contribution is -2.36. The van der Waals surface area contributed by atoms with Crippen LogP contribution in [0.2, 0.25) is 0 Å². The molecule has 0 saturated heterocycles.